The summed E-state index contributed by atoms with van der Waals surface area (Å²) in [5.74, 6) is -1.23. The van der Waals surface area contributed by atoms with Gasteiger partial charge in [0.1, 0.15) is 12.6 Å². The summed E-state index contributed by atoms with van der Waals surface area (Å²) < 4.78 is 70.0. The Morgan fingerprint density at radius 2 is 1.57 bits per heavy atom. The van der Waals surface area contributed by atoms with Gasteiger partial charge in [-0.1, -0.05) is 85.3 Å². The number of hydrogen-bond acceptors (Lipinski definition) is 4. The van der Waals surface area contributed by atoms with Crippen LogP contribution >= 0.6 is 34.8 Å². The fourth-order valence-corrected chi connectivity index (χ4v) is 7.40. The molecule has 1 fully saturated rings. The lowest BCUT2D eigenvalue weighted by Gasteiger charge is -2.34. The van der Waals surface area contributed by atoms with Gasteiger partial charge in [0.2, 0.25) is 11.8 Å². The third-order valence-electron chi connectivity index (χ3n) is 7.83. The molecule has 3 aromatic rings. The summed E-state index contributed by atoms with van der Waals surface area (Å²) in [6, 6.07) is 13.2. The highest BCUT2D eigenvalue weighted by Crippen LogP contribution is 2.38. The van der Waals surface area contributed by atoms with Crippen LogP contribution in [0.2, 0.25) is 15.1 Å². The summed E-state index contributed by atoms with van der Waals surface area (Å²) in [4.78, 5) is 28.9. The van der Waals surface area contributed by atoms with Crippen LogP contribution in [-0.4, -0.2) is 43.8 Å². The molecule has 1 atom stereocenters. The molecule has 0 radical (unpaired) electrons. The maximum atomic E-state index is 14.2. The van der Waals surface area contributed by atoms with Crippen molar-refractivity contribution in [3.8, 4) is 0 Å². The second-order valence-corrected chi connectivity index (χ2v) is 14.1. The van der Waals surface area contributed by atoms with Crippen molar-refractivity contribution in [1.29, 1.82) is 0 Å². The first-order chi connectivity index (χ1) is 21.7. The van der Waals surface area contributed by atoms with Crippen LogP contribution in [-0.2, 0) is 32.3 Å². The summed E-state index contributed by atoms with van der Waals surface area (Å²) in [6.45, 7) is 0.651. The van der Waals surface area contributed by atoms with Gasteiger partial charge in [-0.25, -0.2) is 8.42 Å². The van der Waals surface area contributed by atoms with Gasteiger partial charge >= 0.3 is 6.18 Å². The van der Waals surface area contributed by atoms with Gasteiger partial charge in [-0.3, -0.25) is 13.9 Å². The second-order valence-electron chi connectivity index (χ2n) is 11.0. The van der Waals surface area contributed by atoms with Crippen molar-refractivity contribution in [3.63, 3.8) is 0 Å². The number of hydrogen-bond donors (Lipinski definition) is 1. The number of rotatable bonds is 11. The fourth-order valence-electron chi connectivity index (χ4n) is 5.43. The molecule has 248 valence electrons. The Labute approximate surface area is 281 Å². The molecule has 0 aromatic heterocycles. The predicted molar refractivity (Wildman–Crippen MR) is 174 cm³/mol. The summed E-state index contributed by atoms with van der Waals surface area (Å²) in [5.41, 5.74) is -1.18. The SMILES string of the molecule is CCC(C(=O)NC1CCCCC1)N(Cc1ccc(Cl)c(Cl)c1)C(=O)CN(c1ccc(Cl)c(C(F)(F)F)c1)S(=O)(=O)c1ccccc1. The highest BCUT2D eigenvalue weighted by molar-refractivity contribution is 7.92. The summed E-state index contributed by atoms with van der Waals surface area (Å²) in [7, 11) is -4.58. The largest absolute Gasteiger partial charge is 0.417 e. The van der Waals surface area contributed by atoms with E-state index in [4.69, 9.17) is 34.8 Å². The van der Waals surface area contributed by atoms with Crippen molar-refractivity contribution < 1.29 is 31.2 Å². The van der Waals surface area contributed by atoms with Gasteiger partial charge in [-0.2, -0.15) is 13.2 Å². The van der Waals surface area contributed by atoms with Gasteiger partial charge in [-0.05, 0) is 67.3 Å². The number of amides is 2. The van der Waals surface area contributed by atoms with E-state index in [1.807, 2.05) is 0 Å². The Morgan fingerprint density at radius 1 is 0.913 bits per heavy atom. The number of sulfonamides is 1. The summed E-state index contributed by atoms with van der Waals surface area (Å²) in [5, 5.41) is 2.88. The minimum absolute atomic E-state index is 0.0676. The van der Waals surface area contributed by atoms with Gasteiger partial charge in [0.15, 0.2) is 0 Å². The first-order valence-corrected chi connectivity index (χ1v) is 17.3. The molecule has 1 N–H and O–H groups in total. The third-order valence-corrected chi connectivity index (χ3v) is 10.7. The van der Waals surface area contributed by atoms with Crippen molar-refractivity contribution in [2.45, 2.75) is 75.1 Å². The fraction of sp³-hybridized carbons (Fsp3) is 0.375. The monoisotopic (exact) mass is 717 g/mol. The highest BCUT2D eigenvalue weighted by Gasteiger charge is 2.37. The average molecular weight is 719 g/mol. The van der Waals surface area contributed by atoms with Crippen molar-refractivity contribution >= 4 is 62.3 Å². The Morgan fingerprint density at radius 3 is 2.17 bits per heavy atom. The zero-order chi connectivity index (χ0) is 33.6. The molecule has 1 aliphatic rings. The Hall–Kier alpha value is -2.99. The quantitative estimate of drug-likeness (QED) is 0.217. The first-order valence-electron chi connectivity index (χ1n) is 14.7. The molecule has 46 heavy (non-hydrogen) atoms. The number of nitrogens with one attached hydrogen (secondary N) is 1. The van der Waals surface area contributed by atoms with Crippen LogP contribution in [0.25, 0.3) is 0 Å². The van der Waals surface area contributed by atoms with Crippen LogP contribution in [0, 0.1) is 0 Å². The average Bonchev–Trinajstić information content (AvgIpc) is 3.02. The zero-order valence-corrected chi connectivity index (χ0v) is 28.0. The summed E-state index contributed by atoms with van der Waals surface area (Å²) in [6.07, 6.45) is -0.145. The van der Waals surface area contributed by atoms with E-state index >= 15 is 0 Å². The molecular formula is C32H33Cl3F3N3O4S. The molecule has 1 unspecified atom stereocenters. The van der Waals surface area contributed by atoms with Gasteiger partial charge in [0.25, 0.3) is 10.0 Å². The number of benzene rings is 3. The molecule has 0 aliphatic heterocycles. The Kier molecular flexibility index (Phi) is 11.9. The molecule has 7 nitrogen and oxygen atoms in total. The molecule has 14 heteroatoms. The topological polar surface area (TPSA) is 86.8 Å². The van der Waals surface area contributed by atoms with Gasteiger partial charge in [0.05, 0.1) is 31.2 Å². The maximum absolute atomic E-state index is 14.2. The van der Waals surface area contributed by atoms with E-state index in [9.17, 15) is 31.2 Å². The number of halogens is 6. The molecule has 0 bridgehead atoms. The number of alkyl halides is 3. The molecule has 0 heterocycles. The van der Waals surface area contributed by atoms with Crippen molar-refractivity contribution in [3.05, 3.63) is 92.9 Å². The molecule has 2 amide bonds. The van der Waals surface area contributed by atoms with Crippen molar-refractivity contribution in [2.24, 2.45) is 0 Å². The summed E-state index contributed by atoms with van der Waals surface area (Å²) >= 11 is 18.2. The standard InChI is InChI=1S/C32H33Cl3F3N3O4S/c1-2-29(31(43)39-22-9-5-3-6-10-22)40(19-21-13-15-27(34)28(35)17-21)30(42)20-41(46(44,45)24-11-7-4-8-12-24)23-14-16-26(33)25(18-23)32(36,37)38/h4,7-8,11-18,22,29H,2-3,5-6,9-10,19-20H2,1H3,(H,39,43). The molecule has 3 aromatic carbocycles. The van der Waals surface area contributed by atoms with E-state index in [0.717, 1.165) is 44.2 Å². The van der Waals surface area contributed by atoms with Crippen LogP contribution in [0.5, 0.6) is 0 Å². The minimum Gasteiger partial charge on any atom is -0.352 e. The maximum Gasteiger partial charge on any atom is 0.417 e. The molecular weight excluding hydrogens is 686 g/mol. The van der Waals surface area contributed by atoms with E-state index in [0.29, 0.717) is 15.9 Å². The van der Waals surface area contributed by atoms with Crippen LogP contribution in [0.3, 0.4) is 0 Å². The number of carbonyl (C=O) groups excluding carboxylic acids is 2. The normalized spacial score (nSPS) is 14.8. The first kappa shape index (κ1) is 35.9. The minimum atomic E-state index is -4.90. The van der Waals surface area contributed by atoms with E-state index in [1.54, 1.807) is 19.1 Å². The molecule has 1 aliphatic carbocycles. The van der Waals surface area contributed by atoms with Crippen LogP contribution in [0.15, 0.2) is 71.6 Å². The van der Waals surface area contributed by atoms with Crippen molar-refractivity contribution in [2.75, 3.05) is 10.8 Å². The molecule has 1 saturated carbocycles. The third kappa shape index (κ3) is 8.67. The number of nitrogens with zero attached hydrogens (tertiary/aromatic N) is 2. The van der Waals surface area contributed by atoms with E-state index in [1.165, 1.54) is 41.3 Å². The number of carbonyl (C=O) groups is 2. The predicted octanol–water partition coefficient (Wildman–Crippen LogP) is 8.12. The molecule has 0 spiro atoms. The van der Waals surface area contributed by atoms with Crippen LogP contribution in [0.4, 0.5) is 18.9 Å². The lowest BCUT2D eigenvalue weighted by Crippen LogP contribution is -2.54. The van der Waals surface area contributed by atoms with Crippen molar-refractivity contribution in [1.82, 2.24) is 10.2 Å². The van der Waals surface area contributed by atoms with Crippen LogP contribution < -0.4 is 9.62 Å². The highest BCUT2D eigenvalue weighted by atomic mass is 35.5. The van der Waals surface area contributed by atoms with Gasteiger partial charge < -0.3 is 10.2 Å². The zero-order valence-electron chi connectivity index (χ0n) is 24.9. The Bertz CT molecular complexity index is 1650. The van der Waals surface area contributed by atoms with Gasteiger partial charge in [0, 0.05) is 12.6 Å². The van der Waals surface area contributed by atoms with Gasteiger partial charge in [-0.15, -0.1) is 0 Å². The molecule has 0 saturated heterocycles. The smallest absolute Gasteiger partial charge is 0.352 e. The lowest BCUT2D eigenvalue weighted by molar-refractivity contribution is -0.140. The number of anilines is 1. The van der Waals surface area contributed by atoms with E-state index in [2.05, 4.69) is 5.32 Å². The lowest BCUT2D eigenvalue weighted by atomic mass is 9.95. The second kappa shape index (κ2) is 15.3. The Balaban J connectivity index is 1.78. The van der Waals surface area contributed by atoms with E-state index < -0.39 is 56.9 Å². The molecule has 4 rings (SSSR count). The van der Waals surface area contributed by atoms with E-state index in [-0.39, 0.29) is 33.9 Å². The van der Waals surface area contributed by atoms with Crippen LogP contribution in [0.1, 0.15) is 56.6 Å².